The standard InChI is InChI=1S/C16H18O7S/c1-11(24-16(20)22-10-21-12(2)17)14(18)8-9-15(19)23-13-6-4-3-5-7-13/h3-7,11H,8-10H2,1-2H3. The van der Waals surface area contributed by atoms with Gasteiger partial charge in [0.2, 0.25) is 6.79 Å². The normalized spacial score (nSPS) is 11.2. The highest BCUT2D eigenvalue weighted by Crippen LogP contribution is 2.17. The summed E-state index contributed by atoms with van der Waals surface area (Å²) in [5.41, 5.74) is 0. The second kappa shape index (κ2) is 10.4. The van der Waals surface area contributed by atoms with Crippen molar-refractivity contribution >= 4 is 34.8 Å². The molecular formula is C16H18O7S. The van der Waals surface area contributed by atoms with Crippen LogP contribution in [0.2, 0.25) is 0 Å². The summed E-state index contributed by atoms with van der Waals surface area (Å²) < 4.78 is 14.1. The third kappa shape index (κ3) is 8.33. The molecule has 0 aliphatic carbocycles. The average Bonchev–Trinajstić information content (AvgIpc) is 2.53. The fraction of sp³-hybridized carbons (Fsp3) is 0.375. The first-order valence-electron chi connectivity index (χ1n) is 7.13. The summed E-state index contributed by atoms with van der Waals surface area (Å²) >= 11 is 0.661. The Hall–Kier alpha value is -2.35. The predicted octanol–water partition coefficient (Wildman–Crippen LogP) is 2.72. The van der Waals surface area contributed by atoms with Gasteiger partial charge >= 0.3 is 17.2 Å². The molecule has 0 saturated heterocycles. The highest BCUT2D eigenvalue weighted by molar-refractivity contribution is 8.14. The fourth-order valence-corrected chi connectivity index (χ4v) is 2.16. The summed E-state index contributed by atoms with van der Waals surface area (Å²) in [5.74, 6) is -0.973. The van der Waals surface area contributed by atoms with Crippen molar-refractivity contribution in [1.82, 2.24) is 0 Å². The zero-order valence-electron chi connectivity index (χ0n) is 13.4. The van der Waals surface area contributed by atoms with Crippen molar-refractivity contribution in [2.45, 2.75) is 31.9 Å². The number of carbonyl (C=O) groups excluding carboxylic acids is 4. The molecule has 1 aromatic rings. The van der Waals surface area contributed by atoms with Crippen molar-refractivity contribution in [2.24, 2.45) is 0 Å². The molecule has 0 spiro atoms. The Morgan fingerprint density at radius 3 is 2.33 bits per heavy atom. The Morgan fingerprint density at radius 1 is 1.04 bits per heavy atom. The molecule has 0 heterocycles. The van der Waals surface area contributed by atoms with E-state index in [1.807, 2.05) is 0 Å². The monoisotopic (exact) mass is 354 g/mol. The van der Waals surface area contributed by atoms with Crippen LogP contribution in [-0.4, -0.2) is 35.1 Å². The number of esters is 2. The van der Waals surface area contributed by atoms with Crippen molar-refractivity contribution in [1.29, 1.82) is 0 Å². The number of ether oxygens (including phenoxy) is 3. The van der Waals surface area contributed by atoms with E-state index in [1.165, 1.54) is 13.8 Å². The maximum absolute atomic E-state index is 11.9. The number of carbonyl (C=O) groups is 4. The Balaban J connectivity index is 2.27. The van der Waals surface area contributed by atoms with Gasteiger partial charge in [0.05, 0.1) is 11.7 Å². The molecule has 0 amide bonds. The van der Waals surface area contributed by atoms with Crippen LogP contribution in [0.4, 0.5) is 4.79 Å². The van der Waals surface area contributed by atoms with E-state index in [0.717, 1.165) is 0 Å². The molecule has 7 nitrogen and oxygen atoms in total. The van der Waals surface area contributed by atoms with Crippen LogP contribution >= 0.6 is 11.8 Å². The van der Waals surface area contributed by atoms with Crippen molar-refractivity contribution in [3.05, 3.63) is 30.3 Å². The zero-order valence-corrected chi connectivity index (χ0v) is 14.2. The molecule has 8 heteroatoms. The molecule has 0 radical (unpaired) electrons. The lowest BCUT2D eigenvalue weighted by Gasteiger charge is -2.09. The lowest BCUT2D eigenvalue weighted by Crippen LogP contribution is -2.19. The van der Waals surface area contributed by atoms with Crippen molar-refractivity contribution in [3.63, 3.8) is 0 Å². The van der Waals surface area contributed by atoms with E-state index in [-0.39, 0.29) is 18.6 Å². The zero-order chi connectivity index (χ0) is 17.9. The van der Waals surface area contributed by atoms with Crippen LogP contribution in [0.5, 0.6) is 5.75 Å². The van der Waals surface area contributed by atoms with Crippen molar-refractivity contribution < 1.29 is 33.4 Å². The lowest BCUT2D eigenvalue weighted by atomic mass is 10.2. The van der Waals surface area contributed by atoms with Gasteiger partial charge in [-0.1, -0.05) is 18.2 Å². The Morgan fingerprint density at radius 2 is 1.71 bits per heavy atom. The van der Waals surface area contributed by atoms with E-state index in [0.29, 0.717) is 17.5 Å². The summed E-state index contributed by atoms with van der Waals surface area (Å²) in [6.45, 7) is 2.22. The Kier molecular flexibility index (Phi) is 8.56. The fourth-order valence-electron chi connectivity index (χ4n) is 1.50. The molecule has 0 bridgehead atoms. The Labute approximate surface area is 143 Å². The molecule has 1 rings (SSSR count). The van der Waals surface area contributed by atoms with Gasteiger partial charge in [-0.2, -0.15) is 0 Å². The minimum Gasteiger partial charge on any atom is -0.428 e. The first-order chi connectivity index (χ1) is 11.4. The molecule has 0 fully saturated rings. The smallest absolute Gasteiger partial charge is 0.370 e. The number of Topliss-reactive ketones (excluding diaryl/α,β-unsaturated/α-hetero) is 1. The number of para-hydroxylation sites is 1. The lowest BCUT2D eigenvalue weighted by molar-refractivity contribution is -0.148. The summed E-state index contributed by atoms with van der Waals surface area (Å²) in [7, 11) is 0. The molecule has 1 unspecified atom stereocenters. The van der Waals surface area contributed by atoms with Crippen LogP contribution in [0.15, 0.2) is 30.3 Å². The molecule has 0 aliphatic rings. The van der Waals surface area contributed by atoms with E-state index in [1.54, 1.807) is 30.3 Å². The summed E-state index contributed by atoms with van der Waals surface area (Å²) in [6, 6.07) is 8.52. The number of benzene rings is 1. The predicted molar refractivity (Wildman–Crippen MR) is 86.5 cm³/mol. The van der Waals surface area contributed by atoms with Gasteiger partial charge in [-0.25, -0.2) is 4.79 Å². The third-order valence-electron chi connectivity index (χ3n) is 2.72. The van der Waals surface area contributed by atoms with Crippen LogP contribution < -0.4 is 4.74 Å². The van der Waals surface area contributed by atoms with Gasteiger partial charge in [0.1, 0.15) is 11.5 Å². The highest BCUT2D eigenvalue weighted by Gasteiger charge is 2.20. The molecular weight excluding hydrogens is 336 g/mol. The van der Waals surface area contributed by atoms with E-state index in [2.05, 4.69) is 9.47 Å². The van der Waals surface area contributed by atoms with Crippen LogP contribution in [0.1, 0.15) is 26.7 Å². The number of rotatable bonds is 8. The van der Waals surface area contributed by atoms with E-state index >= 15 is 0 Å². The second-order valence-corrected chi connectivity index (χ2v) is 5.94. The van der Waals surface area contributed by atoms with Gasteiger partial charge in [0, 0.05) is 13.3 Å². The minimum atomic E-state index is -0.732. The van der Waals surface area contributed by atoms with Gasteiger partial charge in [-0.3, -0.25) is 14.4 Å². The highest BCUT2D eigenvalue weighted by atomic mass is 32.2. The molecule has 1 atom stereocenters. The molecule has 130 valence electrons. The second-order valence-electron chi connectivity index (χ2n) is 4.66. The topological polar surface area (TPSA) is 96.0 Å². The van der Waals surface area contributed by atoms with Gasteiger partial charge in [-0.05, 0) is 30.8 Å². The molecule has 1 aromatic carbocycles. The van der Waals surface area contributed by atoms with Crippen molar-refractivity contribution in [2.75, 3.05) is 6.79 Å². The van der Waals surface area contributed by atoms with Gasteiger partial charge in [0.25, 0.3) is 0 Å². The van der Waals surface area contributed by atoms with Gasteiger partial charge < -0.3 is 14.2 Å². The number of ketones is 1. The maximum Gasteiger partial charge on any atom is 0.370 e. The molecule has 0 aromatic heterocycles. The summed E-state index contributed by atoms with van der Waals surface area (Å²) in [4.78, 5) is 45.5. The quantitative estimate of drug-likeness (QED) is 0.399. The summed E-state index contributed by atoms with van der Waals surface area (Å²) in [6.07, 6.45) is -0.127. The molecule has 0 saturated carbocycles. The minimum absolute atomic E-state index is 0.0446. The maximum atomic E-state index is 11.9. The summed E-state index contributed by atoms with van der Waals surface area (Å²) in [5, 5.41) is -1.41. The number of thioether (sulfide) groups is 1. The Bertz CT molecular complexity index is 585. The molecule has 0 N–H and O–H groups in total. The molecule has 24 heavy (non-hydrogen) atoms. The van der Waals surface area contributed by atoms with Crippen molar-refractivity contribution in [3.8, 4) is 5.75 Å². The average molecular weight is 354 g/mol. The van der Waals surface area contributed by atoms with Gasteiger partial charge in [0.15, 0.2) is 0 Å². The number of hydrogen-bond donors (Lipinski definition) is 0. The molecule has 0 aliphatic heterocycles. The van der Waals surface area contributed by atoms with Crippen LogP contribution in [-0.2, 0) is 23.9 Å². The van der Waals surface area contributed by atoms with E-state index in [9.17, 15) is 19.2 Å². The van der Waals surface area contributed by atoms with Crippen LogP contribution in [0.25, 0.3) is 0 Å². The van der Waals surface area contributed by atoms with E-state index < -0.39 is 29.3 Å². The largest absolute Gasteiger partial charge is 0.428 e. The SMILES string of the molecule is CC(=O)OCOC(=O)SC(C)C(=O)CCC(=O)Oc1ccccc1. The van der Waals surface area contributed by atoms with Crippen LogP contribution in [0, 0.1) is 0 Å². The third-order valence-corrected chi connectivity index (χ3v) is 3.64. The van der Waals surface area contributed by atoms with Gasteiger partial charge in [-0.15, -0.1) is 0 Å². The van der Waals surface area contributed by atoms with E-state index in [4.69, 9.17) is 4.74 Å². The van der Waals surface area contributed by atoms with Crippen LogP contribution in [0.3, 0.4) is 0 Å². The first-order valence-corrected chi connectivity index (χ1v) is 8.01. The number of hydrogen-bond acceptors (Lipinski definition) is 8. The first kappa shape index (κ1) is 19.7.